The Morgan fingerprint density at radius 3 is 1.08 bits per heavy atom. The molecule has 2 saturated carbocycles. The molecule has 2 aliphatic carbocycles. The number of rotatable bonds is 4. The van der Waals surface area contributed by atoms with E-state index in [1.807, 2.05) is 0 Å². The summed E-state index contributed by atoms with van der Waals surface area (Å²) >= 11 is 0. The first-order valence-electron chi connectivity index (χ1n) is 9.21. The predicted molar refractivity (Wildman–Crippen MR) is 88.7 cm³/mol. The molecule has 0 amide bonds. The summed E-state index contributed by atoms with van der Waals surface area (Å²) in [5, 5.41) is 0. The van der Waals surface area contributed by atoms with Crippen LogP contribution in [0.3, 0.4) is 0 Å². The van der Waals surface area contributed by atoms with Crippen molar-refractivity contribution < 1.29 is 29.7 Å². The third-order valence-corrected chi connectivity index (χ3v) is 5.78. The van der Waals surface area contributed by atoms with E-state index in [-0.39, 0.29) is 0 Å². The van der Waals surface area contributed by atoms with E-state index in [1.165, 1.54) is 81.8 Å². The van der Waals surface area contributed by atoms with Gasteiger partial charge in [0.25, 0.3) is 0 Å². The molecule has 2 fully saturated rings. The monoisotopic (exact) mass is 383 g/mol. The molecule has 2 rings (SSSR count). The SMILES string of the molecule is CC[N+](CC)(C1CCCCC1)C1CCCCC1.F[P-](F)(F)(F)(F)F. The van der Waals surface area contributed by atoms with Crippen molar-refractivity contribution in [1.82, 2.24) is 0 Å². The standard InChI is InChI=1S/C16H32N.F6P/c1-3-17(4-2,15-11-7-5-8-12-15)16-13-9-6-10-14-16;1-7(2,3,4,5)6/h15-16H,3-14H2,1-2H3;/q+1;-1. The molecule has 0 aromatic heterocycles. The zero-order valence-electron chi connectivity index (χ0n) is 14.8. The third-order valence-electron chi connectivity index (χ3n) is 5.78. The number of nitrogens with zero attached hydrogens (tertiary/aromatic N) is 1. The molecule has 0 unspecified atom stereocenters. The van der Waals surface area contributed by atoms with Crippen molar-refractivity contribution in [2.24, 2.45) is 0 Å². The summed E-state index contributed by atoms with van der Waals surface area (Å²) in [4.78, 5) is 0. The van der Waals surface area contributed by atoms with Crippen LogP contribution < -0.4 is 0 Å². The molecule has 0 saturated heterocycles. The van der Waals surface area contributed by atoms with Gasteiger partial charge in [0, 0.05) is 0 Å². The molecular formula is C16H32F6NP. The number of hydrogen-bond acceptors (Lipinski definition) is 0. The number of hydrogen-bond donors (Lipinski definition) is 0. The maximum atomic E-state index is 9.87. The fourth-order valence-electron chi connectivity index (χ4n) is 4.75. The van der Waals surface area contributed by atoms with Crippen LogP contribution in [0.25, 0.3) is 0 Å². The van der Waals surface area contributed by atoms with Gasteiger partial charge in [-0.3, -0.25) is 0 Å². The maximum absolute atomic E-state index is 10.7. The Hall–Kier alpha value is -0.0300. The second kappa shape index (κ2) is 7.30. The first kappa shape index (κ1) is 22.0. The Morgan fingerprint density at radius 1 is 0.625 bits per heavy atom. The fraction of sp³-hybridized carbons (Fsp3) is 1.00. The van der Waals surface area contributed by atoms with Gasteiger partial charge in [-0.05, 0) is 65.2 Å². The van der Waals surface area contributed by atoms with E-state index in [4.69, 9.17) is 0 Å². The molecule has 148 valence electrons. The van der Waals surface area contributed by atoms with E-state index in [0.29, 0.717) is 0 Å². The average molecular weight is 383 g/mol. The van der Waals surface area contributed by atoms with Crippen LogP contribution in [-0.4, -0.2) is 29.7 Å². The summed E-state index contributed by atoms with van der Waals surface area (Å²) in [5.74, 6) is 0. The van der Waals surface area contributed by atoms with Crippen molar-refractivity contribution in [1.29, 1.82) is 0 Å². The van der Waals surface area contributed by atoms with Crippen molar-refractivity contribution >= 4 is 7.81 Å². The Bertz CT molecular complexity index is 346. The predicted octanol–water partition coefficient (Wildman–Crippen LogP) is 7.89. The molecule has 0 heterocycles. The van der Waals surface area contributed by atoms with E-state index in [2.05, 4.69) is 13.8 Å². The van der Waals surface area contributed by atoms with Crippen LogP contribution in [0.15, 0.2) is 0 Å². The number of halogens is 6. The minimum absolute atomic E-state index is 1.00. The van der Waals surface area contributed by atoms with Gasteiger partial charge >= 0.3 is 33.0 Å². The summed E-state index contributed by atoms with van der Waals surface area (Å²) in [5.41, 5.74) is 0. The van der Waals surface area contributed by atoms with Crippen LogP contribution in [0.2, 0.25) is 0 Å². The van der Waals surface area contributed by atoms with E-state index in [9.17, 15) is 25.2 Å². The molecule has 0 N–H and O–H groups in total. The zero-order chi connectivity index (χ0) is 18.5. The Morgan fingerprint density at radius 2 is 0.875 bits per heavy atom. The van der Waals surface area contributed by atoms with Gasteiger partial charge in [-0.25, -0.2) is 0 Å². The summed E-state index contributed by atoms with van der Waals surface area (Å²) in [6.45, 7) is 7.66. The Balaban J connectivity index is 0.000000351. The van der Waals surface area contributed by atoms with Gasteiger partial charge in [0.05, 0.1) is 25.2 Å². The molecule has 2 aliphatic rings. The molecule has 0 bridgehead atoms. The van der Waals surface area contributed by atoms with Gasteiger partial charge in [0.1, 0.15) is 0 Å². The normalized spacial score (nSPS) is 24.5. The van der Waals surface area contributed by atoms with Gasteiger partial charge in [-0.1, -0.05) is 12.8 Å². The number of quaternary nitrogens is 1. The van der Waals surface area contributed by atoms with Gasteiger partial charge < -0.3 is 4.48 Å². The van der Waals surface area contributed by atoms with Crippen LogP contribution >= 0.6 is 7.81 Å². The van der Waals surface area contributed by atoms with Crippen molar-refractivity contribution in [2.45, 2.75) is 90.1 Å². The molecule has 1 nitrogen and oxygen atoms in total. The molecule has 24 heavy (non-hydrogen) atoms. The van der Waals surface area contributed by atoms with Crippen molar-refractivity contribution in [3.8, 4) is 0 Å². The van der Waals surface area contributed by atoms with Crippen LogP contribution in [-0.2, 0) is 0 Å². The van der Waals surface area contributed by atoms with Crippen LogP contribution in [0.5, 0.6) is 0 Å². The molecule has 0 atom stereocenters. The van der Waals surface area contributed by atoms with Crippen LogP contribution in [0.4, 0.5) is 25.2 Å². The van der Waals surface area contributed by atoms with Gasteiger partial charge in [0.2, 0.25) is 0 Å². The van der Waals surface area contributed by atoms with Gasteiger partial charge in [-0.2, -0.15) is 0 Å². The van der Waals surface area contributed by atoms with E-state index in [0.717, 1.165) is 12.1 Å². The first-order chi connectivity index (χ1) is 10.8. The van der Waals surface area contributed by atoms with Gasteiger partial charge in [0.15, 0.2) is 0 Å². The zero-order valence-corrected chi connectivity index (χ0v) is 15.7. The summed E-state index contributed by atoms with van der Waals surface area (Å²) in [6.07, 6.45) is 15.0. The molecule has 0 aromatic rings. The van der Waals surface area contributed by atoms with E-state index in [1.54, 1.807) is 0 Å². The second-order valence-corrected chi connectivity index (χ2v) is 9.19. The van der Waals surface area contributed by atoms with Crippen molar-refractivity contribution in [2.75, 3.05) is 13.1 Å². The fourth-order valence-corrected chi connectivity index (χ4v) is 4.75. The van der Waals surface area contributed by atoms with Crippen molar-refractivity contribution in [3.05, 3.63) is 0 Å². The summed E-state index contributed by atoms with van der Waals surface area (Å²) in [7, 11) is -10.7. The summed E-state index contributed by atoms with van der Waals surface area (Å²) in [6, 6.07) is 2.00. The molecular weight excluding hydrogens is 351 g/mol. The Kier molecular flexibility index (Phi) is 6.70. The van der Waals surface area contributed by atoms with Gasteiger partial charge in [-0.15, -0.1) is 0 Å². The first-order valence-corrected chi connectivity index (χ1v) is 11.2. The van der Waals surface area contributed by atoms with Crippen LogP contribution in [0.1, 0.15) is 78.1 Å². The van der Waals surface area contributed by atoms with E-state index >= 15 is 0 Å². The Labute approximate surface area is 141 Å². The molecule has 8 heteroatoms. The quantitative estimate of drug-likeness (QED) is 0.263. The minimum atomic E-state index is -10.7. The molecule has 0 aromatic carbocycles. The third kappa shape index (κ3) is 8.37. The summed E-state index contributed by atoms with van der Waals surface area (Å²) < 4.78 is 60.7. The topological polar surface area (TPSA) is 0 Å². The average Bonchev–Trinajstić information content (AvgIpc) is 2.48. The molecule has 0 spiro atoms. The van der Waals surface area contributed by atoms with Crippen molar-refractivity contribution in [3.63, 3.8) is 0 Å². The molecule has 0 radical (unpaired) electrons. The molecule has 0 aliphatic heterocycles. The second-order valence-electron chi connectivity index (χ2n) is 7.28. The van der Waals surface area contributed by atoms with Crippen LogP contribution in [0, 0.1) is 0 Å². The van der Waals surface area contributed by atoms with E-state index < -0.39 is 7.81 Å².